The van der Waals surface area contributed by atoms with Gasteiger partial charge in [0.05, 0.1) is 5.69 Å². The molecule has 0 atom stereocenters. The van der Waals surface area contributed by atoms with Gasteiger partial charge in [0.2, 0.25) is 0 Å². The minimum Gasteiger partial charge on any atom is -0.476 e. The number of nitrogens with zero attached hydrogens (tertiary/aromatic N) is 2. The van der Waals surface area contributed by atoms with Crippen molar-refractivity contribution in [1.29, 1.82) is 0 Å². The normalized spacial score (nSPS) is 10.5. The Morgan fingerprint density at radius 2 is 2.38 bits per heavy atom. The smallest absolute Gasteiger partial charge is 0.356 e. The molecule has 0 spiro atoms. The fourth-order valence-electron chi connectivity index (χ4n) is 1.14. The average Bonchev–Trinajstić information content (AvgIpc) is 2.49. The Balaban J connectivity index is 2.75. The monoisotopic (exact) mass is 177 g/mol. The second-order valence-electron chi connectivity index (χ2n) is 2.63. The molecule has 0 saturated carbocycles. The van der Waals surface area contributed by atoms with Crippen molar-refractivity contribution in [3.8, 4) is 0 Å². The second kappa shape index (κ2) is 2.48. The van der Waals surface area contributed by atoms with E-state index < -0.39 is 5.97 Å². The van der Waals surface area contributed by atoms with E-state index in [1.807, 2.05) is 0 Å². The quantitative estimate of drug-likeness (QED) is 0.668. The van der Waals surface area contributed by atoms with Crippen LogP contribution in [0.25, 0.3) is 5.65 Å². The number of fused-ring (bicyclic) bond motifs is 1. The number of anilines is 1. The van der Waals surface area contributed by atoms with Gasteiger partial charge in [0.1, 0.15) is 0 Å². The van der Waals surface area contributed by atoms with Gasteiger partial charge in [-0.3, -0.25) is 0 Å². The standard InChI is InChI=1S/C8H7N3O2/c9-5-2-1-3-11-4-6(8(12)13)10-7(5)11/h1-4H,9H2,(H,12,13). The van der Waals surface area contributed by atoms with Gasteiger partial charge in [0.25, 0.3) is 0 Å². The van der Waals surface area contributed by atoms with Crippen molar-refractivity contribution in [2.45, 2.75) is 0 Å². The zero-order valence-electron chi connectivity index (χ0n) is 6.64. The summed E-state index contributed by atoms with van der Waals surface area (Å²) >= 11 is 0. The molecule has 2 aromatic heterocycles. The lowest BCUT2D eigenvalue weighted by atomic mass is 10.4. The number of nitrogens with two attached hydrogens (primary N) is 1. The molecule has 0 radical (unpaired) electrons. The summed E-state index contributed by atoms with van der Waals surface area (Å²) < 4.78 is 1.58. The van der Waals surface area contributed by atoms with Gasteiger partial charge in [-0.1, -0.05) is 0 Å². The van der Waals surface area contributed by atoms with Crippen LogP contribution in [0, 0.1) is 0 Å². The SMILES string of the molecule is Nc1cccn2cc(C(=O)O)nc12. The molecule has 3 N–H and O–H groups in total. The first-order chi connectivity index (χ1) is 6.18. The molecule has 0 aliphatic rings. The Hall–Kier alpha value is -2.04. The molecule has 2 heterocycles. The first-order valence-corrected chi connectivity index (χ1v) is 3.65. The number of aromatic carboxylic acids is 1. The van der Waals surface area contributed by atoms with Crippen LogP contribution in [-0.2, 0) is 0 Å². The minimum absolute atomic E-state index is 0.00194. The lowest BCUT2D eigenvalue weighted by Crippen LogP contribution is -1.95. The highest BCUT2D eigenvalue weighted by atomic mass is 16.4. The van der Waals surface area contributed by atoms with E-state index >= 15 is 0 Å². The molecule has 0 aliphatic carbocycles. The van der Waals surface area contributed by atoms with Gasteiger partial charge < -0.3 is 15.2 Å². The van der Waals surface area contributed by atoms with Crippen LogP contribution in [0.4, 0.5) is 5.69 Å². The molecule has 0 aromatic carbocycles. The number of aromatic nitrogens is 2. The highest BCUT2D eigenvalue weighted by molar-refractivity contribution is 5.87. The predicted molar refractivity (Wildman–Crippen MR) is 46.6 cm³/mol. The fourth-order valence-corrected chi connectivity index (χ4v) is 1.14. The number of hydrogen-bond donors (Lipinski definition) is 2. The zero-order chi connectivity index (χ0) is 9.42. The Morgan fingerprint density at radius 3 is 3.00 bits per heavy atom. The number of hydrogen-bond acceptors (Lipinski definition) is 3. The van der Waals surface area contributed by atoms with Crippen molar-refractivity contribution in [2.75, 3.05) is 5.73 Å². The van der Waals surface area contributed by atoms with E-state index in [1.54, 1.807) is 22.7 Å². The van der Waals surface area contributed by atoms with E-state index in [-0.39, 0.29) is 5.69 Å². The van der Waals surface area contributed by atoms with Gasteiger partial charge in [-0.05, 0) is 12.1 Å². The topological polar surface area (TPSA) is 80.6 Å². The molecule has 0 fully saturated rings. The van der Waals surface area contributed by atoms with E-state index in [9.17, 15) is 4.79 Å². The summed E-state index contributed by atoms with van der Waals surface area (Å²) in [6.45, 7) is 0. The second-order valence-corrected chi connectivity index (χ2v) is 2.63. The molecule has 0 amide bonds. The Bertz CT molecular complexity index is 475. The van der Waals surface area contributed by atoms with Crippen molar-refractivity contribution >= 4 is 17.3 Å². The molecule has 0 aliphatic heterocycles. The third kappa shape index (κ3) is 1.10. The van der Waals surface area contributed by atoms with Gasteiger partial charge in [-0.25, -0.2) is 9.78 Å². The molecule has 0 unspecified atom stereocenters. The highest BCUT2D eigenvalue weighted by Gasteiger charge is 2.09. The molecular weight excluding hydrogens is 170 g/mol. The fraction of sp³-hybridized carbons (Fsp3) is 0. The highest BCUT2D eigenvalue weighted by Crippen LogP contribution is 2.12. The molecule has 13 heavy (non-hydrogen) atoms. The summed E-state index contributed by atoms with van der Waals surface area (Å²) in [4.78, 5) is 14.4. The number of rotatable bonds is 1. The molecule has 2 aromatic rings. The van der Waals surface area contributed by atoms with Crippen LogP contribution in [-0.4, -0.2) is 20.5 Å². The summed E-state index contributed by atoms with van der Waals surface area (Å²) in [5, 5.41) is 8.66. The predicted octanol–water partition coefficient (Wildman–Crippen LogP) is 0.615. The minimum atomic E-state index is -1.05. The van der Waals surface area contributed by atoms with E-state index in [2.05, 4.69) is 4.98 Å². The number of carboxylic acid groups (broad SMARTS) is 1. The Morgan fingerprint density at radius 1 is 1.62 bits per heavy atom. The summed E-state index contributed by atoms with van der Waals surface area (Å²) in [7, 11) is 0. The lowest BCUT2D eigenvalue weighted by molar-refractivity contribution is 0.0691. The molecule has 66 valence electrons. The number of imidazole rings is 1. The van der Waals surface area contributed by atoms with Crippen LogP contribution < -0.4 is 5.73 Å². The molecule has 2 rings (SSSR count). The van der Waals surface area contributed by atoms with Gasteiger partial charge in [-0.15, -0.1) is 0 Å². The summed E-state index contributed by atoms with van der Waals surface area (Å²) in [6.07, 6.45) is 3.12. The van der Waals surface area contributed by atoms with E-state index in [1.165, 1.54) is 6.20 Å². The lowest BCUT2D eigenvalue weighted by Gasteiger charge is -1.93. The van der Waals surface area contributed by atoms with Gasteiger partial charge >= 0.3 is 5.97 Å². The first kappa shape index (κ1) is 7.60. The Labute approximate surface area is 73.4 Å². The van der Waals surface area contributed by atoms with Gasteiger partial charge in [0, 0.05) is 12.4 Å². The van der Waals surface area contributed by atoms with Gasteiger partial charge in [0.15, 0.2) is 11.3 Å². The van der Waals surface area contributed by atoms with E-state index in [0.29, 0.717) is 11.3 Å². The third-order valence-electron chi connectivity index (χ3n) is 1.73. The average molecular weight is 177 g/mol. The maximum absolute atomic E-state index is 10.6. The van der Waals surface area contributed by atoms with Crippen LogP contribution in [0.1, 0.15) is 10.5 Å². The number of carboxylic acids is 1. The number of carbonyl (C=O) groups is 1. The maximum Gasteiger partial charge on any atom is 0.356 e. The maximum atomic E-state index is 10.6. The third-order valence-corrected chi connectivity index (χ3v) is 1.73. The van der Waals surface area contributed by atoms with Crippen LogP contribution in [0.2, 0.25) is 0 Å². The molecular formula is C8H7N3O2. The van der Waals surface area contributed by atoms with Crippen LogP contribution in [0.5, 0.6) is 0 Å². The van der Waals surface area contributed by atoms with Crippen molar-refractivity contribution in [3.05, 3.63) is 30.2 Å². The zero-order valence-corrected chi connectivity index (χ0v) is 6.64. The number of nitrogen functional groups attached to an aromatic ring is 1. The van der Waals surface area contributed by atoms with Crippen LogP contribution in [0.15, 0.2) is 24.5 Å². The molecule has 5 heteroatoms. The summed E-state index contributed by atoms with van der Waals surface area (Å²) in [5.41, 5.74) is 6.53. The van der Waals surface area contributed by atoms with E-state index in [0.717, 1.165) is 0 Å². The van der Waals surface area contributed by atoms with Crippen molar-refractivity contribution < 1.29 is 9.90 Å². The number of pyridine rings is 1. The van der Waals surface area contributed by atoms with E-state index in [4.69, 9.17) is 10.8 Å². The van der Waals surface area contributed by atoms with Crippen molar-refractivity contribution in [3.63, 3.8) is 0 Å². The first-order valence-electron chi connectivity index (χ1n) is 3.65. The molecule has 0 bridgehead atoms. The molecule has 5 nitrogen and oxygen atoms in total. The van der Waals surface area contributed by atoms with Crippen LogP contribution in [0.3, 0.4) is 0 Å². The van der Waals surface area contributed by atoms with Gasteiger partial charge in [-0.2, -0.15) is 0 Å². The van der Waals surface area contributed by atoms with Crippen molar-refractivity contribution in [2.24, 2.45) is 0 Å². The Kier molecular flexibility index (Phi) is 1.45. The molecule has 0 saturated heterocycles. The van der Waals surface area contributed by atoms with Crippen molar-refractivity contribution in [1.82, 2.24) is 9.38 Å². The largest absolute Gasteiger partial charge is 0.476 e. The van der Waals surface area contributed by atoms with Crippen LogP contribution >= 0.6 is 0 Å². The summed E-state index contributed by atoms with van der Waals surface area (Å²) in [5.74, 6) is -1.05. The summed E-state index contributed by atoms with van der Waals surface area (Å²) in [6, 6.07) is 3.41.